The number of furan rings is 1. The summed E-state index contributed by atoms with van der Waals surface area (Å²) in [5.74, 6) is 1.13. The van der Waals surface area contributed by atoms with Gasteiger partial charge in [0.1, 0.15) is 18.1 Å². The number of nitrogens with zero attached hydrogens (tertiary/aromatic N) is 1. The number of methoxy groups -OCH3 is 1. The zero-order valence-corrected chi connectivity index (χ0v) is 21.2. The summed E-state index contributed by atoms with van der Waals surface area (Å²) >= 11 is 3.94. The molecule has 3 aromatic rings. The molecule has 0 amide bonds. The SMILES string of the molecule is CC.CC.COC(=O)c1ccc(COc2cc(C)c(C)cc2N)nc1.Cc1ccc(S)o1. The average molecular weight is 461 g/mol. The average Bonchev–Trinajstić information content (AvgIpc) is 3.20. The van der Waals surface area contributed by atoms with E-state index in [1.807, 2.05) is 72.7 Å². The van der Waals surface area contributed by atoms with Crippen LogP contribution in [-0.4, -0.2) is 18.1 Å². The number of anilines is 1. The van der Waals surface area contributed by atoms with Crippen LogP contribution < -0.4 is 10.5 Å². The number of aromatic nitrogens is 1. The van der Waals surface area contributed by atoms with Crippen LogP contribution in [0.15, 0.2) is 52.1 Å². The number of benzene rings is 1. The van der Waals surface area contributed by atoms with Gasteiger partial charge in [-0.15, -0.1) is 12.6 Å². The molecule has 2 aromatic heterocycles. The van der Waals surface area contributed by atoms with E-state index in [0.717, 1.165) is 16.9 Å². The van der Waals surface area contributed by atoms with E-state index >= 15 is 0 Å². The molecule has 0 aliphatic heterocycles. The number of carbonyl (C=O) groups is 1. The Morgan fingerprint density at radius 2 is 1.66 bits per heavy atom. The molecule has 3 rings (SSSR count). The van der Waals surface area contributed by atoms with Crippen LogP contribution in [0.5, 0.6) is 5.75 Å². The Morgan fingerprint density at radius 3 is 2.09 bits per heavy atom. The van der Waals surface area contributed by atoms with Crippen LogP contribution in [0.4, 0.5) is 5.69 Å². The highest BCUT2D eigenvalue weighted by molar-refractivity contribution is 7.80. The first-order valence-corrected chi connectivity index (χ1v) is 11.0. The van der Waals surface area contributed by atoms with Crippen LogP contribution in [0.3, 0.4) is 0 Å². The van der Waals surface area contributed by atoms with Gasteiger partial charge in [0.2, 0.25) is 0 Å². The van der Waals surface area contributed by atoms with Crippen LogP contribution in [0, 0.1) is 20.8 Å². The highest BCUT2D eigenvalue weighted by Crippen LogP contribution is 2.26. The summed E-state index contributed by atoms with van der Waals surface area (Å²) in [6.45, 7) is 14.2. The molecule has 0 radical (unpaired) electrons. The molecule has 0 unspecified atom stereocenters. The third kappa shape index (κ3) is 9.92. The van der Waals surface area contributed by atoms with E-state index in [-0.39, 0.29) is 6.61 Å². The van der Waals surface area contributed by atoms with E-state index in [1.165, 1.54) is 13.3 Å². The van der Waals surface area contributed by atoms with E-state index in [4.69, 9.17) is 14.9 Å². The van der Waals surface area contributed by atoms with Gasteiger partial charge in [-0.25, -0.2) is 4.79 Å². The van der Waals surface area contributed by atoms with E-state index < -0.39 is 5.97 Å². The standard InChI is InChI=1S/C16H18N2O3.C5H6OS.2C2H6/c1-10-6-14(17)15(7-11(10)2)21-9-13-5-4-12(8-18-13)16(19)20-3;1-4-2-3-5(7)6-4;2*1-2/h4-8H,9,17H2,1-3H3;2-3,7H,1H3;2*1-2H3. The fourth-order valence-electron chi connectivity index (χ4n) is 2.26. The Balaban J connectivity index is 0.000000727. The number of carbonyl (C=O) groups excluding carboxylic acids is 1. The Morgan fingerprint density at radius 1 is 1.03 bits per heavy atom. The molecule has 0 bridgehead atoms. The second-order valence-electron chi connectivity index (χ2n) is 6.18. The van der Waals surface area contributed by atoms with Gasteiger partial charge < -0.3 is 19.6 Å². The van der Waals surface area contributed by atoms with Gasteiger partial charge in [0.05, 0.1) is 24.1 Å². The summed E-state index contributed by atoms with van der Waals surface area (Å²) in [4.78, 5) is 15.5. The molecule has 32 heavy (non-hydrogen) atoms. The van der Waals surface area contributed by atoms with Gasteiger partial charge in [0, 0.05) is 6.20 Å². The zero-order valence-electron chi connectivity index (χ0n) is 20.4. The summed E-state index contributed by atoms with van der Waals surface area (Å²) in [5, 5.41) is 0.678. The monoisotopic (exact) mass is 460 g/mol. The normalized spacial score (nSPS) is 9.16. The molecule has 1 aromatic carbocycles. The topological polar surface area (TPSA) is 87.6 Å². The second-order valence-corrected chi connectivity index (χ2v) is 6.62. The third-order valence-corrected chi connectivity index (χ3v) is 4.21. The molecule has 0 aliphatic carbocycles. The molecule has 2 heterocycles. The summed E-state index contributed by atoms with van der Waals surface area (Å²) in [6.07, 6.45) is 1.47. The molecule has 0 spiro atoms. The van der Waals surface area contributed by atoms with Crippen molar-refractivity contribution >= 4 is 24.3 Å². The lowest BCUT2D eigenvalue weighted by atomic mass is 10.1. The van der Waals surface area contributed by atoms with Gasteiger partial charge >= 0.3 is 5.97 Å². The minimum atomic E-state index is -0.409. The Hall–Kier alpha value is -2.93. The van der Waals surface area contributed by atoms with Gasteiger partial charge in [-0.3, -0.25) is 4.98 Å². The Bertz CT molecular complexity index is 921. The molecule has 0 fully saturated rings. The molecule has 0 saturated carbocycles. The smallest absolute Gasteiger partial charge is 0.339 e. The molecule has 2 N–H and O–H groups in total. The number of nitrogens with two attached hydrogens (primary N) is 1. The van der Waals surface area contributed by atoms with Crippen molar-refractivity contribution in [1.29, 1.82) is 0 Å². The predicted octanol–water partition coefficient (Wildman–Crippen LogP) is 6.58. The van der Waals surface area contributed by atoms with Crippen LogP contribution >= 0.6 is 12.6 Å². The highest BCUT2D eigenvalue weighted by Gasteiger charge is 2.07. The number of hydrogen-bond donors (Lipinski definition) is 2. The minimum Gasteiger partial charge on any atom is -0.485 e. The van der Waals surface area contributed by atoms with Gasteiger partial charge in [-0.1, -0.05) is 27.7 Å². The number of thiol groups is 1. The van der Waals surface area contributed by atoms with Crippen molar-refractivity contribution in [1.82, 2.24) is 4.98 Å². The number of ether oxygens (including phenoxy) is 2. The predicted molar refractivity (Wildman–Crippen MR) is 134 cm³/mol. The lowest BCUT2D eigenvalue weighted by Crippen LogP contribution is -2.05. The Kier molecular flexibility index (Phi) is 14.4. The number of aryl methyl sites for hydroxylation is 3. The van der Waals surface area contributed by atoms with Gasteiger partial charge in [-0.2, -0.15) is 0 Å². The molecule has 0 saturated heterocycles. The number of esters is 1. The van der Waals surface area contributed by atoms with Crippen LogP contribution in [0.25, 0.3) is 0 Å². The van der Waals surface area contributed by atoms with Gasteiger partial charge in [0.15, 0.2) is 5.09 Å². The number of rotatable bonds is 4. The largest absolute Gasteiger partial charge is 0.485 e. The first-order valence-electron chi connectivity index (χ1n) is 10.6. The maximum Gasteiger partial charge on any atom is 0.339 e. The molecular formula is C25H36N2O4S. The molecule has 6 nitrogen and oxygen atoms in total. The van der Waals surface area contributed by atoms with Crippen molar-refractivity contribution < 1.29 is 18.7 Å². The Labute approximate surface area is 197 Å². The maximum absolute atomic E-state index is 11.3. The fourth-order valence-corrected chi connectivity index (χ4v) is 2.48. The maximum atomic E-state index is 11.3. The van der Waals surface area contributed by atoms with Crippen molar-refractivity contribution in [2.24, 2.45) is 0 Å². The fraction of sp³-hybridized carbons (Fsp3) is 0.360. The van der Waals surface area contributed by atoms with Crippen molar-refractivity contribution in [3.05, 3.63) is 70.7 Å². The van der Waals surface area contributed by atoms with Crippen molar-refractivity contribution in [3.63, 3.8) is 0 Å². The van der Waals surface area contributed by atoms with Gasteiger partial charge in [0.25, 0.3) is 0 Å². The lowest BCUT2D eigenvalue weighted by molar-refractivity contribution is 0.0600. The lowest BCUT2D eigenvalue weighted by Gasteiger charge is -2.11. The van der Waals surface area contributed by atoms with Crippen LogP contribution in [0.1, 0.15) is 60.6 Å². The first kappa shape index (κ1) is 29.1. The highest BCUT2D eigenvalue weighted by atomic mass is 32.1. The van der Waals surface area contributed by atoms with Crippen LogP contribution in [0.2, 0.25) is 0 Å². The molecule has 0 atom stereocenters. The summed E-state index contributed by atoms with van der Waals surface area (Å²) in [7, 11) is 1.34. The van der Waals surface area contributed by atoms with E-state index in [1.54, 1.807) is 12.1 Å². The number of hydrogen-bond acceptors (Lipinski definition) is 7. The quantitative estimate of drug-likeness (QED) is 0.260. The summed E-state index contributed by atoms with van der Waals surface area (Å²) < 4.78 is 15.2. The molecular weight excluding hydrogens is 424 g/mol. The van der Waals surface area contributed by atoms with E-state index in [0.29, 0.717) is 27.8 Å². The van der Waals surface area contributed by atoms with E-state index in [2.05, 4.69) is 22.3 Å². The van der Waals surface area contributed by atoms with Gasteiger partial charge in [-0.05, 0) is 68.3 Å². The number of pyridine rings is 1. The molecule has 176 valence electrons. The van der Waals surface area contributed by atoms with Crippen molar-refractivity contribution in [2.45, 2.75) is 60.2 Å². The number of nitrogen functional groups attached to an aromatic ring is 1. The van der Waals surface area contributed by atoms with E-state index in [9.17, 15) is 4.79 Å². The van der Waals surface area contributed by atoms with Crippen LogP contribution in [-0.2, 0) is 11.3 Å². The first-order chi connectivity index (χ1) is 15.3. The molecule has 7 heteroatoms. The summed E-state index contributed by atoms with van der Waals surface area (Å²) in [5.41, 5.74) is 9.89. The third-order valence-electron chi connectivity index (χ3n) is 3.97. The van der Waals surface area contributed by atoms with Crippen molar-refractivity contribution in [2.75, 3.05) is 12.8 Å². The second kappa shape index (κ2) is 15.8. The summed E-state index contributed by atoms with van der Waals surface area (Å²) in [6, 6.07) is 10.9. The zero-order chi connectivity index (χ0) is 24.7. The van der Waals surface area contributed by atoms with Crippen molar-refractivity contribution in [3.8, 4) is 5.75 Å². The minimum absolute atomic E-state index is 0.286. The molecule has 0 aliphatic rings.